The molecular formula is C15H21NO4. The van der Waals surface area contributed by atoms with Crippen LogP contribution in [0.4, 0.5) is 0 Å². The van der Waals surface area contributed by atoms with Crippen molar-refractivity contribution >= 4 is 5.97 Å². The first-order valence-corrected chi connectivity index (χ1v) is 6.79. The van der Waals surface area contributed by atoms with Crippen molar-refractivity contribution in [2.24, 2.45) is 5.41 Å². The number of carboxylic acid groups (broad SMARTS) is 1. The molecule has 0 radical (unpaired) electrons. The molecule has 0 amide bonds. The van der Waals surface area contributed by atoms with Crippen LogP contribution in [-0.2, 0) is 0 Å². The molecule has 0 spiro atoms. The lowest BCUT2D eigenvalue weighted by atomic mass is 9.64. The maximum absolute atomic E-state index is 10.7. The Morgan fingerprint density at radius 3 is 2.55 bits per heavy atom. The molecule has 1 aliphatic rings. The highest BCUT2D eigenvalue weighted by Crippen LogP contribution is 2.40. The smallest absolute Gasteiger partial charge is 0.335 e. The van der Waals surface area contributed by atoms with Crippen molar-refractivity contribution in [2.75, 3.05) is 13.2 Å². The summed E-state index contributed by atoms with van der Waals surface area (Å²) in [5.74, 6) is -0.284. The standard InChI is InChI=1S/C15H21NO4/c1-15(2)12(9-13(15)17)16-7-8-20-11-5-3-10(4-6-11)14(18)19/h3-6,12-13,16-17H,7-9H2,1-2H3,(H,18,19). The Balaban J connectivity index is 1.70. The summed E-state index contributed by atoms with van der Waals surface area (Å²) in [5.41, 5.74) is 0.170. The van der Waals surface area contributed by atoms with Gasteiger partial charge in [-0.1, -0.05) is 13.8 Å². The van der Waals surface area contributed by atoms with Crippen molar-refractivity contribution in [1.29, 1.82) is 0 Å². The number of carboxylic acids is 1. The molecule has 0 aliphatic heterocycles. The van der Waals surface area contributed by atoms with Crippen LogP contribution in [0.15, 0.2) is 24.3 Å². The molecule has 2 rings (SSSR count). The first kappa shape index (κ1) is 14.8. The predicted molar refractivity (Wildman–Crippen MR) is 75.1 cm³/mol. The molecule has 20 heavy (non-hydrogen) atoms. The number of ether oxygens (including phenoxy) is 1. The second kappa shape index (κ2) is 5.81. The van der Waals surface area contributed by atoms with Crippen molar-refractivity contribution in [1.82, 2.24) is 5.32 Å². The Labute approximate surface area is 118 Å². The van der Waals surface area contributed by atoms with Crippen LogP contribution in [0.5, 0.6) is 5.75 Å². The number of rotatable bonds is 6. The van der Waals surface area contributed by atoms with Gasteiger partial charge in [0.2, 0.25) is 0 Å². The van der Waals surface area contributed by atoms with Crippen molar-refractivity contribution < 1.29 is 19.7 Å². The van der Waals surface area contributed by atoms with Gasteiger partial charge in [0.05, 0.1) is 11.7 Å². The fraction of sp³-hybridized carbons (Fsp3) is 0.533. The van der Waals surface area contributed by atoms with Crippen molar-refractivity contribution in [2.45, 2.75) is 32.4 Å². The highest BCUT2D eigenvalue weighted by atomic mass is 16.5. The van der Waals surface area contributed by atoms with Crippen LogP contribution in [0.25, 0.3) is 0 Å². The lowest BCUT2D eigenvalue weighted by molar-refractivity contribution is -0.0728. The molecule has 0 heterocycles. The number of carbonyl (C=O) groups is 1. The number of benzene rings is 1. The summed E-state index contributed by atoms with van der Waals surface area (Å²) in [6, 6.07) is 6.67. The van der Waals surface area contributed by atoms with Crippen LogP contribution in [0, 0.1) is 5.41 Å². The fourth-order valence-corrected chi connectivity index (χ4v) is 2.34. The molecule has 1 aromatic rings. The van der Waals surface area contributed by atoms with E-state index in [0.717, 1.165) is 6.42 Å². The molecule has 0 saturated heterocycles. The van der Waals surface area contributed by atoms with E-state index >= 15 is 0 Å². The summed E-state index contributed by atoms with van der Waals surface area (Å²) in [4.78, 5) is 10.7. The molecule has 0 bridgehead atoms. The van der Waals surface area contributed by atoms with Crippen LogP contribution in [0.2, 0.25) is 0 Å². The number of hydrogen-bond donors (Lipinski definition) is 3. The average Bonchev–Trinajstić information content (AvgIpc) is 2.42. The van der Waals surface area contributed by atoms with Gasteiger partial charge in [0.15, 0.2) is 0 Å². The zero-order valence-corrected chi connectivity index (χ0v) is 11.8. The van der Waals surface area contributed by atoms with Crippen LogP contribution >= 0.6 is 0 Å². The second-order valence-corrected chi connectivity index (χ2v) is 5.76. The maximum atomic E-state index is 10.7. The number of hydrogen-bond acceptors (Lipinski definition) is 4. The van der Waals surface area contributed by atoms with Gasteiger partial charge in [0, 0.05) is 18.0 Å². The highest BCUT2D eigenvalue weighted by molar-refractivity contribution is 5.87. The van der Waals surface area contributed by atoms with Crippen molar-refractivity contribution in [3.05, 3.63) is 29.8 Å². The monoisotopic (exact) mass is 279 g/mol. The van der Waals surface area contributed by atoms with Crippen molar-refractivity contribution in [3.8, 4) is 5.75 Å². The Kier molecular flexibility index (Phi) is 4.30. The van der Waals surface area contributed by atoms with Crippen LogP contribution in [-0.4, -0.2) is 41.5 Å². The average molecular weight is 279 g/mol. The van der Waals surface area contributed by atoms with Gasteiger partial charge in [0.1, 0.15) is 12.4 Å². The molecule has 5 nitrogen and oxygen atoms in total. The van der Waals surface area contributed by atoms with Crippen LogP contribution < -0.4 is 10.1 Å². The Morgan fingerprint density at radius 1 is 1.40 bits per heavy atom. The summed E-state index contributed by atoms with van der Waals surface area (Å²) in [5, 5.41) is 21.8. The quantitative estimate of drug-likeness (QED) is 0.688. The Morgan fingerprint density at radius 2 is 2.05 bits per heavy atom. The molecule has 110 valence electrons. The van der Waals surface area contributed by atoms with Crippen LogP contribution in [0.3, 0.4) is 0 Å². The zero-order chi connectivity index (χ0) is 14.8. The van der Waals surface area contributed by atoms with Gasteiger partial charge in [-0.15, -0.1) is 0 Å². The van der Waals surface area contributed by atoms with E-state index in [1.54, 1.807) is 12.1 Å². The van der Waals surface area contributed by atoms with E-state index in [0.29, 0.717) is 24.9 Å². The summed E-state index contributed by atoms with van der Waals surface area (Å²) in [6.07, 6.45) is 0.546. The third kappa shape index (κ3) is 3.11. The van der Waals surface area contributed by atoms with Crippen LogP contribution in [0.1, 0.15) is 30.6 Å². The molecule has 3 N–H and O–H groups in total. The van der Waals surface area contributed by atoms with E-state index in [2.05, 4.69) is 5.32 Å². The summed E-state index contributed by atoms with van der Waals surface area (Å²) in [6.45, 7) is 5.30. The summed E-state index contributed by atoms with van der Waals surface area (Å²) >= 11 is 0. The summed E-state index contributed by atoms with van der Waals surface area (Å²) < 4.78 is 5.54. The lowest BCUT2D eigenvalue weighted by Gasteiger charge is -2.49. The zero-order valence-electron chi connectivity index (χ0n) is 11.8. The second-order valence-electron chi connectivity index (χ2n) is 5.76. The summed E-state index contributed by atoms with van der Waals surface area (Å²) in [7, 11) is 0. The van der Waals surface area contributed by atoms with Gasteiger partial charge >= 0.3 is 5.97 Å². The van der Waals surface area contributed by atoms with Gasteiger partial charge in [0.25, 0.3) is 0 Å². The molecule has 1 fully saturated rings. The lowest BCUT2D eigenvalue weighted by Crippen LogP contribution is -2.60. The first-order chi connectivity index (χ1) is 9.41. The van der Waals surface area contributed by atoms with Crippen molar-refractivity contribution in [3.63, 3.8) is 0 Å². The predicted octanol–water partition coefficient (Wildman–Crippen LogP) is 1.51. The normalized spacial score (nSPS) is 23.9. The van der Waals surface area contributed by atoms with E-state index in [1.165, 1.54) is 12.1 Å². The fourth-order valence-electron chi connectivity index (χ4n) is 2.34. The van der Waals surface area contributed by atoms with Gasteiger partial charge < -0.3 is 20.3 Å². The van der Waals surface area contributed by atoms with Gasteiger partial charge in [-0.25, -0.2) is 4.79 Å². The van der Waals surface area contributed by atoms with Gasteiger partial charge in [-0.3, -0.25) is 0 Å². The molecular weight excluding hydrogens is 258 g/mol. The third-order valence-electron chi connectivity index (χ3n) is 4.08. The minimum atomic E-state index is -0.941. The minimum absolute atomic E-state index is 0.0802. The first-order valence-electron chi connectivity index (χ1n) is 6.79. The molecule has 0 aromatic heterocycles. The maximum Gasteiger partial charge on any atom is 0.335 e. The third-order valence-corrected chi connectivity index (χ3v) is 4.08. The van der Waals surface area contributed by atoms with E-state index in [4.69, 9.17) is 9.84 Å². The molecule has 5 heteroatoms. The van der Waals surface area contributed by atoms with Gasteiger partial charge in [-0.2, -0.15) is 0 Å². The number of nitrogens with one attached hydrogen (secondary N) is 1. The van der Waals surface area contributed by atoms with Gasteiger partial charge in [-0.05, 0) is 30.7 Å². The van der Waals surface area contributed by atoms with E-state index in [-0.39, 0.29) is 17.1 Å². The highest BCUT2D eigenvalue weighted by Gasteiger charge is 2.46. The van der Waals surface area contributed by atoms with E-state index in [1.807, 2.05) is 13.8 Å². The minimum Gasteiger partial charge on any atom is -0.492 e. The molecule has 1 saturated carbocycles. The topological polar surface area (TPSA) is 78.8 Å². The van der Waals surface area contributed by atoms with E-state index in [9.17, 15) is 9.90 Å². The SMILES string of the molecule is CC1(C)C(O)CC1NCCOc1ccc(C(=O)O)cc1. The molecule has 1 aromatic carbocycles. The molecule has 1 aliphatic carbocycles. The Bertz CT molecular complexity index is 469. The molecule has 2 atom stereocenters. The molecule has 2 unspecified atom stereocenters. The number of aliphatic hydroxyl groups excluding tert-OH is 1. The Hall–Kier alpha value is -1.59. The number of aromatic carboxylic acids is 1. The number of aliphatic hydroxyl groups is 1. The largest absolute Gasteiger partial charge is 0.492 e. The van der Waals surface area contributed by atoms with E-state index < -0.39 is 5.97 Å².